The van der Waals surface area contributed by atoms with E-state index in [9.17, 15) is 9.59 Å². The van der Waals surface area contributed by atoms with Crippen LogP contribution in [0.25, 0.3) is 0 Å². The van der Waals surface area contributed by atoms with E-state index in [4.69, 9.17) is 5.84 Å². The zero-order valence-corrected chi connectivity index (χ0v) is 12.0. The number of nitrogens with one attached hydrogen (secondary N) is 3. The molecule has 0 fully saturated rings. The molecule has 0 heterocycles. The van der Waals surface area contributed by atoms with E-state index in [-0.39, 0.29) is 11.8 Å². The van der Waals surface area contributed by atoms with Gasteiger partial charge < -0.3 is 0 Å². The van der Waals surface area contributed by atoms with Crippen LogP contribution in [-0.4, -0.2) is 18.4 Å². The lowest BCUT2D eigenvalue weighted by Crippen LogP contribution is -2.49. The Labute approximate surface area is 109 Å². The van der Waals surface area contributed by atoms with E-state index < -0.39 is 10.8 Å². The van der Waals surface area contributed by atoms with Crippen LogP contribution < -0.4 is 22.1 Å². The van der Waals surface area contributed by atoms with E-state index in [1.165, 1.54) is 0 Å². The van der Waals surface area contributed by atoms with Gasteiger partial charge in [0.2, 0.25) is 11.8 Å². The molecule has 0 aliphatic carbocycles. The van der Waals surface area contributed by atoms with Crippen LogP contribution in [0.5, 0.6) is 0 Å². The lowest BCUT2D eigenvalue weighted by Gasteiger charge is -2.32. The van der Waals surface area contributed by atoms with Crippen LogP contribution >= 0.6 is 0 Å². The van der Waals surface area contributed by atoms with Gasteiger partial charge in [-0.3, -0.25) is 20.4 Å². The largest absolute Gasteiger partial charge is 0.294 e. The minimum absolute atomic E-state index is 0.131. The van der Waals surface area contributed by atoms with E-state index in [1.54, 1.807) is 13.8 Å². The Kier molecular flexibility index (Phi) is 6.28. The molecule has 0 aromatic rings. The van der Waals surface area contributed by atoms with E-state index in [0.29, 0.717) is 13.0 Å². The molecule has 106 valence electrons. The third kappa shape index (κ3) is 5.01. The van der Waals surface area contributed by atoms with Crippen LogP contribution in [0, 0.1) is 10.8 Å². The van der Waals surface area contributed by atoms with Gasteiger partial charge in [0.05, 0.1) is 0 Å². The second-order valence-corrected chi connectivity index (χ2v) is 5.80. The fourth-order valence-corrected chi connectivity index (χ4v) is 1.90. The number of rotatable bonds is 7. The molecule has 0 unspecified atom stereocenters. The first kappa shape index (κ1) is 16.9. The lowest BCUT2D eigenvalue weighted by atomic mass is 9.74. The second-order valence-electron chi connectivity index (χ2n) is 5.80. The van der Waals surface area contributed by atoms with Gasteiger partial charge in [-0.1, -0.05) is 34.6 Å². The summed E-state index contributed by atoms with van der Waals surface area (Å²) in [7, 11) is 0. The van der Waals surface area contributed by atoms with Crippen LogP contribution in [0.1, 0.15) is 47.5 Å². The maximum absolute atomic E-state index is 12.0. The summed E-state index contributed by atoms with van der Waals surface area (Å²) in [5.41, 5.74) is 6.28. The number of hydrogen-bond acceptors (Lipinski definition) is 4. The molecule has 0 saturated heterocycles. The first-order valence-corrected chi connectivity index (χ1v) is 6.21. The first-order valence-electron chi connectivity index (χ1n) is 6.21. The Morgan fingerprint density at radius 3 is 2.00 bits per heavy atom. The van der Waals surface area contributed by atoms with Crippen LogP contribution in [0.15, 0.2) is 0 Å². The molecule has 6 heteroatoms. The van der Waals surface area contributed by atoms with E-state index >= 15 is 0 Å². The van der Waals surface area contributed by atoms with Crippen molar-refractivity contribution in [2.75, 3.05) is 6.54 Å². The molecule has 0 aromatic heterocycles. The summed E-state index contributed by atoms with van der Waals surface area (Å²) >= 11 is 0. The van der Waals surface area contributed by atoms with Gasteiger partial charge in [-0.2, -0.15) is 0 Å². The van der Waals surface area contributed by atoms with Crippen LogP contribution in [-0.2, 0) is 9.59 Å². The van der Waals surface area contributed by atoms with Gasteiger partial charge in [0, 0.05) is 17.4 Å². The van der Waals surface area contributed by atoms with Gasteiger partial charge in [-0.05, 0) is 12.8 Å². The van der Waals surface area contributed by atoms with Crippen molar-refractivity contribution in [3.8, 4) is 0 Å². The number of hydrazine groups is 2. The Morgan fingerprint density at radius 2 is 1.56 bits per heavy atom. The van der Waals surface area contributed by atoms with Gasteiger partial charge in [0.1, 0.15) is 0 Å². The minimum atomic E-state index is -0.694. The fraction of sp³-hybridized carbons (Fsp3) is 0.833. The fourth-order valence-electron chi connectivity index (χ4n) is 1.90. The molecule has 0 bridgehead atoms. The van der Waals surface area contributed by atoms with Crippen molar-refractivity contribution in [2.24, 2.45) is 16.7 Å². The van der Waals surface area contributed by atoms with Crippen LogP contribution in [0.2, 0.25) is 0 Å². The molecule has 0 rings (SSSR count). The predicted octanol–water partition coefficient (Wildman–Crippen LogP) is 0.450. The molecule has 6 nitrogen and oxygen atoms in total. The standard InChI is InChI=1S/C12H26N4O2/c1-6-7-14-16-10(18)12(4,5)8-11(2,3)9(17)15-13/h14H,6-8,13H2,1-5H3,(H,15,17)(H,16,18). The summed E-state index contributed by atoms with van der Waals surface area (Å²) in [6.07, 6.45) is 1.34. The van der Waals surface area contributed by atoms with E-state index in [2.05, 4.69) is 16.3 Å². The van der Waals surface area contributed by atoms with Crippen molar-refractivity contribution in [1.29, 1.82) is 0 Å². The molecule has 0 saturated carbocycles. The number of hydrogen-bond donors (Lipinski definition) is 4. The minimum Gasteiger partial charge on any atom is -0.294 e. The van der Waals surface area contributed by atoms with Gasteiger partial charge >= 0.3 is 0 Å². The zero-order chi connectivity index (χ0) is 14.4. The van der Waals surface area contributed by atoms with E-state index in [0.717, 1.165) is 6.42 Å². The molecular weight excluding hydrogens is 232 g/mol. The molecule has 0 atom stereocenters. The van der Waals surface area contributed by atoms with E-state index in [1.807, 2.05) is 20.8 Å². The molecule has 0 aliphatic heterocycles. The van der Waals surface area contributed by atoms with Crippen molar-refractivity contribution >= 4 is 11.8 Å². The highest BCUT2D eigenvalue weighted by Gasteiger charge is 2.38. The van der Waals surface area contributed by atoms with Crippen LogP contribution in [0.3, 0.4) is 0 Å². The molecular formula is C12H26N4O2. The van der Waals surface area contributed by atoms with Gasteiger partial charge in [-0.25, -0.2) is 11.3 Å². The number of amides is 2. The van der Waals surface area contributed by atoms with Gasteiger partial charge in [-0.15, -0.1) is 0 Å². The Balaban J connectivity index is 4.54. The average Bonchev–Trinajstić information content (AvgIpc) is 2.26. The van der Waals surface area contributed by atoms with Crippen molar-refractivity contribution < 1.29 is 9.59 Å². The molecule has 0 radical (unpaired) electrons. The highest BCUT2D eigenvalue weighted by atomic mass is 16.2. The summed E-state index contributed by atoms with van der Waals surface area (Å²) < 4.78 is 0. The third-order valence-corrected chi connectivity index (χ3v) is 2.82. The highest BCUT2D eigenvalue weighted by molar-refractivity contribution is 5.85. The first-order chi connectivity index (χ1) is 8.17. The topological polar surface area (TPSA) is 96.2 Å². The maximum atomic E-state index is 12.0. The zero-order valence-electron chi connectivity index (χ0n) is 12.0. The maximum Gasteiger partial charge on any atom is 0.239 e. The van der Waals surface area contributed by atoms with Crippen molar-refractivity contribution in [1.82, 2.24) is 16.3 Å². The van der Waals surface area contributed by atoms with Gasteiger partial charge in [0.15, 0.2) is 0 Å². The predicted molar refractivity (Wildman–Crippen MR) is 70.9 cm³/mol. The second kappa shape index (κ2) is 6.70. The molecule has 0 aromatic carbocycles. The molecule has 0 spiro atoms. The van der Waals surface area contributed by atoms with Crippen molar-refractivity contribution in [3.05, 3.63) is 0 Å². The monoisotopic (exact) mass is 258 g/mol. The Hall–Kier alpha value is -1.14. The Bertz CT molecular complexity index is 300. The highest BCUT2D eigenvalue weighted by Crippen LogP contribution is 2.33. The molecule has 0 aliphatic rings. The number of carbonyl (C=O) groups excluding carboxylic acids is 2. The molecule has 5 N–H and O–H groups in total. The summed E-state index contributed by atoms with van der Waals surface area (Å²) in [5, 5.41) is 0. The van der Waals surface area contributed by atoms with Gasteiger partial charge in [0.25, 0.3) is 0 Å². The molecule has 18 heavy (non-hydrogen) atoms. The number of carbonyl (C=O) groups is 2. The Morgan fingerprint density at radius 1 is 1.06 bits per heavy atom. The SMILES string of the molecule is CCCNNC(=O)C(C)(C)CC(C)(C)C(=O)NN. The summed E-state index contributed by atoms with van der Waals surface area (Å²) in [6, 6.07) is 0. The molecule has 2 amide bonds. The summed E-state index contributed by atoms with van der Waals surface area (Å²) in [6.45, 7) is 9.88. The van der Waals surface area contributed by atoms with Crippen molar-refractivity contribution in [3.63, 3.8) is 0 Å². The number of nitrogens with two attached hydrogens (primary N) is 1. The summed E-state index contributed by atoms with van der Waals surface area (Å²) in [4.78, 5) is 23.6. The quantitative estimate of drug-likeness (QED) is 0.231. The summed E-state index contributed by atoms with van der Waals surface area (Å²) in [5.74, 6) is 4.73. The third-order valence-electron chi connectivity index (χ3n) is 2.82. The normalized spacial score (nSPS) is 12.1. The lowest BCUT2D eigenvalue weighted by molar-refractivity contribution is -0.136. The smallest absolute Gasteiger partial charge is 0.239 e. The van der Waals surface area contributed by atoms with Crippen molar-refractivity contribution in [2.45, 2.75) is 47.5 Å². The van der Waals surface area contributed by atoms with Crippen LogP contribution in [0.4, 0.5) is 0 Å². The average molecular weight is 258 g/mol.